The molecule has 80 valence electrons. The predicted octanol–water partition coefficient (Wildman–Crippen LogP) is 1.15. The zero-order valence-electron chi connectivity index (χ0n) is 8.52. The Morgan fingerprint density at radius 3 is 2.73 bits per heavy atom. The first-order valence-corrected chi connectivity index (χ1v) is 5.25. The number of nitrogens with one attached hydrogen (secondary N) is 1. The number of benzene rings is 1. The van der Waals surface area contributed by atoms with E-state index in [2.05, 4.69) is 17.4 Å². The molecule has 2 unspecified atom stereocenters. The minimum Gasteiger partial charge on any atom is -0.481 e. The van der Waals surface area contributed by atoms with E-state index in [-0.39, 0.29) is 11.8 Å². The summed E-state index contributed by atoms with van der Waals surface area (Å²) in [4.78, 5) is 11.0. The van der Waals surface area contributed by atoms with Crippen LogP contribution < -0.4 is 5.32 Å². The highest BCUT2D eigenvalue weighted by Crippen LogP contribution is 2.21. The summed E-state index contributed by atoms with van der Waals surface area (Å²) in [5.41, 5.74) is 1.22. The SMILES string of the molecule is O=C(O)C1CNCC1Cc1ccccc1. The first-order chi connectivity index (χ1) is 7.27. The van der Waals surface area contributed by atoms with Gasteiger partial charge in [0.15, 0.2) is 0 Å². The Morgan fingerprint density at radius 1 is 1.33 bits per heavy atom. The van der Waals surface area contributed by atoms with Gasteiger partial charge in [0.1, 0.15) is 0 Å². The molecule has 3 nitrogen and oxygen atoms in total. The van der Waals surface area contributed by atoms with E-state index in [4.69, 9.17) is 5.11 Å². The lowest BCUT2D eigenvalue weighted by molar-refractivity contribution is -0.142. The van der Waals surface area contributed by atoms with E-state index in [0.717, 1.165) is 13.0 Å². The molecular weight excluding hydrogens is 190 g/mol. The van der Waals surface area contributed by atoms with Crippen molar-refractivity contribution in [3.8, 4) is 0 Å². The van der Waals surface area contributed by atoms with Crippen LogP contribution in [0.4, 0.5) is 0 Å². The fourth-order valence-electron chi connectivity index (χ4n) is 2.15. The van der Waals surface area contributed by atoms with Crippen molar-refractivity contribution >= 4 is 5.97 Å². The smallest absolute Gasteiger partial charge is 0.308 e. The van der Waals surface area contributed by atoms with Gasteiger partial charge in [0.05, 0.1) is 5.92 Å². The zero-order valence-corrected chi connectivity index (χ0v) is 8.52. The Balaban J connectivity index is 2.03. The highest BCUT2D eigenvalue weighted by molar-refractivity contribution is 5.71. The van der Waals surface area contributed by atoms with E-state index in [0.29, 0.717) is 6.54 Å². The highest BCUT2D eigenvalue weighted by atomic mass is 16.4. The van der Waals surface area contributed by atoms with Crippen LogP contribution in [0.1, 0.15) is 5.56 Å². The first-order valence-electron chi connectivity index (χ1n) is 5.25. The van der Waals surface area contributed by atoms with E-state index in [1.807, 2.05) is 18.2 Å². The zero-order chi connectivity index (χ0) is 10.7. The molecule has 1 aromatic rings. The van der Waals surface area contributed by atoms with Gasteiger partial charge >= 0.3 is 5.97 Å². The normalized spacial score (nSPS) is 25.3. The van der Waals surface area contributed by atoms with Crippen LogP contribution in [0.15, 0.2) is 30.3 Å². The maximum absolute atomic E-state index is 11.0. The molecule has 0 radical (unpaired) electrons. The second kappa shape index (κ2) is 4.45. The van der Waals surface area contributed by atoms with E-state index in [9.17, 15) is 4.79 Å². The molecule has 1 heterocycles. The number of carboxylic acid groups (broad SMARTS) is 1. The van der Waals surface area contributed by atoms with Gasteiger partial charge in [-0.25, -0.2) is 0 Å². The summed E-state index contributed by atoms with van der Waals surface area (Å²) < 4.78 is 0. The van der Waals surface area contributed by atoms with Gasteiger partial charge in [-0.3, -0.25) is 4.79 Å². The molecule has 0 spiro atoms. The monoisotopic (exact) mass is 205 g/mol. The maximum Gasteiger partial charge on any atom is 0.308 e. The van der Waals surface area contributed by atoms with Crippen LogP contribution >= 0.6 is 0 Å². The van der Waals surface area contributed by atoms with E-state index >= 15 is 0 Å². The van der Waals surface area contributed by atoms with E-state index < -0.39 is 5.97 Å². The Kier molecular flexibility index (Phi) is 3.02. The molecule has 2 rings (SSSR count). The Labute approximate surface area is 89.1 Å². The van der Waals surface area contributed by atoms with Gasteiger partial charge in [0, 0.05) is 6.54 Å². The molecule has 0 bridgehead atoms. The van der Waals surface area contributed by atoms with Gasteiger partial charge in [-0.15, -0.1) is 0 Å². The predicted molar refractivity (Wildman–Crippen MR) is 57.6 cm³/mol. The highest BCUT2D eigenvalue weighted by Gasteiger charge is 2.32. The number of carboxylic acids is 1. The number of hydrogen-bond acceptors (Lipinski definition) is 2. The van der Waals surface area contributed by atoms with Crippen LogP contribution in [-0.4, -0.2) is 24.2 Å². The lowest BCUT2D eigenvalue weighted by Crippen LogP contribution is -2.23. The largest absolute Gasteiger partial charge is 0.481 e. The van der Waals surface area contributed by atoms with Gasteiger partial charge in [-0.2, -0.15) is 0 Å². The number of rotatable bonds is 3. The summed E-state index contributed by atoms with van der Waals surface area (Å²) in [7, 11) is 0. The van der Waals surface area contributed by atoms with Crippen molar-refractivity contribution in [2.75, 3.05) is 13.1 Å². The summed E-state index contributed by atoms with van der Waals surface area (Å²) >= 11 is 0. The average Bonchev–Trinajstić information content (AvgIpc) is 2.67. The molecule has 0 aliphatic carbocycles. The average molecular weight is 205 g/mol. The van der Waals surface area contributed by atoms with Crippen molar-refractivity contribution in [1.29, 1.82) is 0 Å². The van der Waals surface area contributed by atoms with Crippen LogP contribution in [0.25, 0.3) is 0 Å². The molecule has 0 amide bonds. The standard InChI is InChI=1S/C12H15NO2/c14-12(15)11-8-13-7-10(11)6-9-4-2-1-3-5-9/h1-5,10-11,13H,6-8H2,(H,14,15). The molecule has 2 atom stereocenters. The van der Waals surface area contributed by atoms with Crippen molar-refractivity contribution in [1.82, 2.24) is 5.32 Å². The number of aliphatic carboxylic acids is 1. The molecule has 0 aromatic heterocycles. The topological polar surface area (TPSA) is 49.3 Å². The van der Waals surface area contributed by atoms with Crippen LogP contribution in [0.5, 0.6) is 0 Å². The molecule has 3 heteroatoms. The molecule has 1 fully saturated rings. The van der Waals surface area contributed by atoms with Gasteiger partial charge in [-0.1, -0.05) is 30.3 Å². The third-order valence-electron chi connectivity index (χ3n) is 3.00. The number of hydrogen-bond donors (Lipinski definition) is 2. The third-order valence-corrected chi connectivity index (χ3v) is 3.00. The molecular formula is C12H15NO2. The van der Waals surface area contributed by atoms with Crippen molar-refractivity contribution in [3.05, 3.63) is 35.9 Å². The van der Waals surface area contributed by atoms with E-state index in [1.165, 1.54) is 5.56 Å². The van der Waals surface area contributed by atoms with Gasteiger partial charge in [-0.05, 0) is 24.4 Å². The van der Waals surface area contributed by atoms with E-state index in [1.54, 1.807) is 0 Å². The van der Waals surface area contributed by atoms with Gasteiger partial charge in [0.25, 0.3) is 0 Å². The fraction of sp³-hybridized carbons (Fsp3) is 0.417. The lowest BCUT2D eigenvalue weighted by Gasteiger charge is -2.14. The van der Waals surface area contributed by atoms with Crippen LogP contribution in [0.2, 0.25) is 0 Å². The fourth-order valence-corrected chi connectivity index (χ4v) is 2.15. The van der Waals surface area contributed by atoms with Crippen molar-refractivity contribution in [2.45, 2.75) is 6.42 Å². The Bertz CT molecular complexity index is 337. The Morgan fingerprint density at radius 2 is 2.07 bits per heavy atom. The van der Waals surface area contributed by atoms with Crippen LogP contribution in [0, 0.1) is 11.8 Å². The minimum atomic E-state index is -0.680. The molecule has 1 aliphatic heterocycles. The maximum atomic E-state index is 11.0. The van der Waals surface area contributed by atoms with Crippen LogP contribution in [-0.2, 0) is 11.2 Å². The van der Waals surface area contributed by atoms with Gasteiger partial charge < -0.3 is 10.4 Å². The summed E-state index contributed by atoms with van der Waals surface area (Å²) in [6.07, 6.45) is 0.852. The quantitative estimate of drug-likeness (QED) is 0.778. The number of carbonyl (C=O) groups is 1. The summed E-state index contributed by atoms with van der Waals surface area (Å²) in [5, 5.41) is 12.2. The molecule has 1 saturated heterocycles. The van der Waals surface area contributed by atoms with Crippen molar-refractivity contribution < 1.29 is 9.90 Å². The molecule has 0 saturated carbocycles. The van der Waals surface area contributed by atoms with Crippen molar-refractivity contribution in [3.63, 3.8) is 0 Å². The summed E-state index contributed by atoms with van der Waals surface area (Å²) in [5.74, 6) is -0.684. The first kappa shape index (κ1) is 10.2. The molecule has 1 aromatic carbocycles. The van der Waals surface area contributed by atoms with Crippen LogP contribution in [0.3, 0.4) is 0 Å². The third kappa shape index (κ3) is 2.36. The molecule has 15 heavy (non-hydrogen) atoms. The summed E-state index contributed by atoms with van der Waals surface area (Å²) in [6.45, 7) is 1.42. The lowest BCUT2D eigenvalue weighted by atomic mass is 9.90. The second-order valence-corrected chi connectivity index (χ2v) is 4.05. The summed E-state index contributed by atoms with van der Waals surface area (Å²) in [6, 6.07) is 10.1. The second-order valence-electron chi connectivity index (χ2n) is 4.05. The Hall–Kier alpha value is -1.35. The molecule has 2 N–H and O–H groups in total. The van der Waals surface area contributed by atoms with Gasteiger partial charge in [0.2, 0.25) is 0 Å². The molecule has 1 aliphatic rings. The van der Waals surface area contributed by atoms with Crippen molar-refractivity contribution in [2.24, 2.45) is 11.8 Å². The minimum absolute atomic E-state index is 0.227.